The van der Waals surface area contributed by atoms with Crippen LogP contribution < -0.4 is 14.8 Å². The van der Waals surface area contributed by atoms with E-state index in [9.17, 15) is 0 Å². The van der Waals surface area contributed by atoms with E-state index in [1.807, 2.05) is 42.5 Å². The van der Waals surface area contributed by atoms with E-state index in [1.54, 1.807) is 14.2 Å². The third-order valence-corrected chi connectivity index (χ3v) is 3.68. The Morgan fingerprint density at radius 2 is 1.88 bits per heavy atom. The number of benzene rings is 2. The van der Waals surface area contributed by atoms with Crippen LogP contribution in [-0.4, -0.2) is 24.4 Å². The second-order valence-electron chi connectivity index (χ2n) is 4.94. The van der Waals surface area contributed by atoms with Crippen LogP contribution in [0.2, 0.25) is 5.02 Å². The minimum atomic E-state index is 0.324. The second-order valence-corrected chi connectivity index (χ2v) is 5.38. The van der Waals surface area contributed by atoms with Crippen LogP contribution in [0.3, 0.4) is 0 Å². The van der Waals surface area contributed by atoms with E-state index < -0.39 is 0 Å². The molecule has 0 radical (unpaired) electrons. The average molecular weight is 346 g/mol. The molecule has 6 nitrogen and oxygen atoms in total. The number of ether oxygens (including phenoxy) is 2. The van der Waals surface area contributed by atoms with Crippen molar-refractivity contribution in [1.29, 1.82) is 0 Å². The van der Waals surface area contributed by atoms with Gasteiger partial charge >= 0.3 is 6.01 Å². The second kappa shape index (κ2) is 7.23. The van der Waals surface area contributed by atoms with Crippen LogP contribution in [0.25, 0.3) is 11.4 Å². The van der Waals surface area contributed by atoms with Crippen molar-refractivity contribution in [2.75, 3.05) is 19.5 Å². The topological polar surface area (TPSA) is 69.4 Å². The van der Waals surface area contributed by atoms with Gasteiger partial charge < -0.3 is 19.3 Å². The van der Waals surface area contributed by atoms with Crippen LogP contribution in [0, 0.1) is 0 Å². The van der Waals surface area contributed by atoms with E-state index in [1.165, 1.54) is 0 Å². The molecule has 7 heteroatoms. The lowest BCUT2D eigenvalue weighted by molar-refractivity contribution is 0.355. The van der Waals surface area contributed by atoms with E-state index in [4.69, 9.17) is 25.6 Å². The Bertz CT molecular complexity index is 818. The normalized spacial score (nSPS) is 10.5. The first kappa shape index (κ1) is 16.1. The van der Waals surface area contributed by atoms with Gasteiger partial charge in [-0.15, -0.1) is 0 Å². The zero-order valence-electron chi connectivity index (χ0n) is 13.2. The monoisotopic (exact) mass is 345 g/mol. The van der Waals surface area contributed by atoms with E-state index in [0.717, 1.165) is 5.56 Å². The number of methoxy groups -OCH3 is 2. The third kappa shape index (κ3) is 3.44. The molecule has 1 heterocycles. The molecule has 0 fully saturated rings. The van der Waals surface area contributed by atoms with E-state index >= 15 is 0 Å². The van der Waals surface area contributed by atoms with Gasteiger partial charge in [0.1, 0.15) is 0 Å². The van der Waals surface area contributed by atoms with Crippen molar-refractivity contribution in [2.45, 2.75) is 6.54 Å². The number of halogens is 1. The van der Waals surface area contributed by atoms with E-state index in [0.29, 0.717) is 40.5 Å². The molecule has 0 atom stereocenters. The summed E-state index contributed by atoms with van der Waals surface area (Å²) in [7, 11) is 3.15. The van der Waals surface area contributed by atoms with Crippen molar-refractivity contribution in [3.8, 4) is 22.9 Å². The Balaban J connectivity index is 1.77. The summed E-state index contributed by atoms with van der Waals surface area (Å²) in [6.45, 7) is 0.550. The highest BCUT2D eigenvalue weighted by Gasteiger charge is 2.16. The Morgan fingerprint density at radius 1 is 1.08 bits per heavy atom. The summed E-state index contributed by atoms with van der Waals surface area (Å²) < 4.78 is 15.9. The molecule has 0 saturated carbocycles. The van der Waals surface area contributed by atoms with Gasteiger partial charge in [-0.1, -0.05) is 35.0 Å². The highest BCUT2D eigenvalue weighted by Crippen LogP contribution is 2.36. The van der Waals surface area contributed by atoms with Crippen molar-refractivity contribution in [3.63, 3.8) is 0 Å². The average Bonchev–Trinajstić information content (AvgIpc) is 3.09. The van der Waals surface area contributed by atoms with Crippen LogP contribution in [0.1, 0.15) is 5.56 Å². The van der Waals surface area contributed by atoms with Gasteiger partial charge in [0, 0.05) is 11.6 Å². The zero-order valence-corrected chi connectivity index (χ0v) is 14.0. The molecule has 0 saturated heterocycles. The molecule has 24 heavy (non-hydrogen) atoms. The number of rotatable bonds is 6. The summed E-state index contributed by atoms with van der Waals surface area (Å²) in [4.78, 5) is 4.35. The standard InChI is InChI=1S/C17H16ClN3O3/c1-22-14-5-3-4-13(15(14)23-2)16-20-17(24-21-16)19-10-11-6-8-12(18)9-7-11/h3-9H,10H2,1-2H3,(H,19,20,21). The molecular weight excluding hydrogens is 330 g/mol. The van der Waals surface area contributed by atoms with Crippen LogP contribution in [0.5, 0.6) is 11.5 Å². The maximum atomic E-state index is 5.87. The van der Waals surface area contributed by atoms with E-state index in [-0.39, 0.29) is 0 Å². The lowest BCUT2D eigenvalue weighted by Crippen LogP contribution is -1.99. The van der Waals surface area contributed by atoms with Gasteiger partial charge in [0.25, 0.3) is 0 Å². The number of hydrogen-bond donors (Lipinski definition) is 1. The van der Waals surface area contributed by atoms with Gasteiger partial charge in [-0.2, -0.15) is 4.98 Å². The lowest BCUT2D eigenvalue weighted by Gasteiger charge is -2.09. The molecule has 0 bridgehead atoms. The van der Waals surface area contributed by atoms with Gasteiger partial charge in [-0.05, 0) is 29.8 Å². The molecular formula is C17H16ClN3O3. The molecule has 0 aliphatic carbocycles. The minimum Gasteiger partial charge on any atom is -0.493 e. The summed E-state index contributed by atoms with van der Waals surface area (Å²) in [6, 6.07) is 13.3. The molecule has 3 rings (SSSR count). The van der Waals surface area contributed by atoms with Gasteiger partial charge in [0.2, 0.25) is 5.82 Å². The largest absolute Gasteiger partial charge is 0.493 e. The van der Waals surface area contributed by atoms with Gasteiger partial charge in [-0.25, -0.2) is 0 Å². The SMILES string of the molecule is COc1cccc(-c2noc(NCc3ccc(Cl)cc3)n2)c1OC. The molecule has 1 N–H and O–H groups in total. The Hall–Kier alpha value is -2.73. The lowest BCUT2D eigenvalue weighted by atomic mass is 10.2. The Labute approximate surface area is 144 Å². The molecule has 0 spiro atoms. The Morgan fingerprint density at radius 3 is 2.58 bits per heavy atom. The molecule has 0 aliphatic heterocycles. The first-order valence-corrected chi connectivity index (χ1v) is 7.62. The number of para-hydroxylation sites is 1. The highest BCUT2D eigenvalue weighted by molar-refractivity contribution is 6.30. The van der Waals surface area contributed by atoms with Crippen molar-refractivity contribution in [3.05, 3.63) is 53.1 Å². The fraction of sp³-hybridized carbons (Fsp3) is 0.176. The van der Waals surface area contributed by atoms with E-state index in [2.05, 4.69) is 15.5 Å². The molecule has 0 aliphatic rings. The summed E-state index contributed by atoms with van der Waals surface area (Å²) in [5.41, 5.74) is 1.75. The number of nitrogens with zero attached hydrogens (tertiary/aromatic N) is 2. The zero-order chi connectivity index (χ0) is 16.9. The highest BCUT2D eigenvalue weighted by atomic mass is 35.5. The Kier molecular flexibility index (Phi) is 4.86. The number of anilines is 1. The van der Waals surface area contributed by atoms with Crippen LogP contribution >= 0.6 is 11.6 Å². The first-order chi connectivity index (χ1) is 11.7. The number of aromatic nitrogens is 2. The number of nitrogens with one attached hydrogen (secondary N) is 1. The van der Waals surface area contributed by atoms with Crippen molar-refractivity contribution in [1.82, 2.24) is 10.1 Å². The van der Waals surface area contributed by atoms with Crippen molar-refractivity contribution in [2.24, 2.45) is 0 Å². The fourth-order valence-electron chi connectivity index (χ4n) is 2.25. The first-order valence-electron chi connectivity index (χ1n) is 7.24. The quantitative estimate of drug-likeness (QED) is 0.727. The van der Waals surface area contributed by atoms with Crippen LogP contribution in [0.15, 0.2) is 47.0 Å². The fourth-order valence-corrected chi connectivity index (χ4v) is 2.37. The molecule has 0 unspecified atom stereocenters. The molecule has 2 aromatic carbocycles. The van der Waals surface area contributed by atoms with Gasteiger partial charge in [0.05, 0.1) is 19.8 Å². The maximum Gasteiger partial charge on any atom is 0.322 e. The van der Waals surface area contributed by atoms with Gasteiger partial charge in [0.15, 0.2) is 11.5 Å². The molecule has 124 valence electrons. The molecule has 3 aromatic rings. The van der Waals surface area contributed by atoms with Crippen LogP contribution in [-0.2, 0) is 6.54 Å². The predicted octanol–water partition coefficient (Wildman–Crippen LogP) is 4.02. The summed E-state index contributed by atoms with van der Waals surface area (Å²) in [5.74, 6) is 1.59. The predicted molar refractivity (Wildman–Crippen MR) is 91.6 cm³/mol. The summed E-state index contributed by atoms with van der Waals surface area (Å²) in [6.07, 6.45) is 0. The maximum absolute atomic E-state index is 5.87. The summed E-state index contributed by atoms with van der Waals surface area (Å²) in [5, 5.41) is 7.77. The molecule has 1 aromatic heterocycles. The van der Waals surface area contributed by atoms with Crippen molar-refractivity contribution < 1.29 is 14.0 Å². The van der Waals surface area contributed by atoms with Crippen molar-refractivity contribution >= 4 is 17.6 Å². The minimum absolute atomic E-state index is 0.324. The smallest absolute Gasteiger partial charge is 0.322 e. The molecule has 0 amide bonds. The third-order valence-electron chi connectivity index (χ3n) is 3.43. The van der Waals surface area contributed by atoms with Gasteiger partial charge in [-0.3, -0.25) is 0 Å². The number of hydrogen-bond acceptors (Lipinski definition) is 6. The van der Waals surface area contributed by atoms with Crippen LogP contribution in [0.4, 0.5) is 6.01 Å². The summed E-state index contributed by atoms with van der Waals surface area (Å²) >= 11 is 5.87.